The van der Waals surface area contributed by atoms with Crippen LogP contribution < -0.4 is 10.5 Å². The summed E-state index contributed by atoms with van der Waals surface area (Å²) in [5.41, 5.74) is 7.53. The van der Waals surface area contributed by atoms with Crippen LogP contribution in [0.15, 0.2) is 24.3 Å². The highest BCUT2D eigenvalue weighted by molar-refractivity contribution is 5.33. The fraction of sp³-hybridized carbons (Fsp3) is 0.571. The molecule has 0 aliphatic heterocycles. The first-order valence-corrected chi connectivity index (χ1v) is 6.22. The minimum absolute atomic E-state index is 0.0523. The smallest absolute Gasteiger partial charge is 0.123 e. The molecular formula is C14H22N2O. The van der Waals surface area contributed by atoms with E-state index in [4.69, 9.17) is 10.5 Å². The number of hydrogen-bond acceptors (Lipinski definition) is 3. The van der Waals surface area contributed by atoms with Crippen LogP contribution in [0.4, 0.5) is 0 Å². The van der Waals surface area contributed by atoms with Gasteiger partial charge in [-0.2, -0.15) is 0 Å². The predicted molar refractivity (Wildman–Crippen MR) is 70.1 cm³/mol. The number of hydrogen-bond donors (Lipinski definition) is 1. The van der Waals surface area contributed by atoms with E-state index in [-0.39, 0.29) is 5.54 Å². The first-order chi connectivity index (χ1) is 8.13. The monoisotopic (exact) mass is 234 g/mol. The number of benzene rings is 1. The lowest BCUT2D eigenvalue weighted by Gasteiger charge is -2.41. The van der Waals surface area contributed by atoms with Crippen molar-refractivity contribution < 1.29 is 4.74 Å². The summed E-state index contributed by atoms with van der Waals surface area (Å²) in [5.74, 6) is 0.957. The average molecular weight is 234 g/mol. The second-order valence-corrected chi connectivity index (χ2v) is 5.20. The summed E-state index contributed by atoms with van der Waals surface area (Å²) < 4.78 is 5.36. The molecule has 1 aliphatic rings. The fourth-order valence-electron chi connectivity index (χ4n) is 2.51. The Kier molecular flexibility index (Phi) is 3.69. The molecule has 0 bridgehead atoms. The molecule has 17 heavy (non-hydrogen) atoms. The van der Waals surface area contributed by atoms with Gasteiger partial charge in [0.25, 0.3) is 0 Å². The van der Waals surface area contributed by atoms with Crippen molar-refractivity contribution in [1.82, 2.24) is 4.90 Å². The summed E-state index contributed by atoms with van der Waals surface area (Å²) in [4.78, 5) is 2.29. The Balaban J connectivity index is 1.95. The molecule has 0 aromatic heterocycles. The van der Waals surface area contributed by atoms with Crippen LogP contribution in [0.25, 0.3) is 0 Å². The van der Waals surface area contributed by atoms with E-state index in [9.17, 15) is 0 Å². The van der Waals surface area contributed by atoms with E-state index in [1.807, 2.05) is 18.2 Å². The molecule has 0 amide bonds. The van der Waals surface area contributed by atoms with E-state index in [0.29, 0.717) is 0 Å². The van der Waals surface area contributed by atoms with Crippen molar-refractivity contribution in [2.24, 2.45) is 5.73 Å². The molecule has 2 rings (SSSR count). The Morgan fingerprint density at radius 1 is 1.35 bits per heavy atom. The van der Waals surface area contributed by atoms with Gasteiger partial charge in [0.15, 0.2) is 0 Å². The molecule has 2 N–H and O–H groups in total. The molecule has 1 fully saturated rings. The lowest BCUT2D eigenvalue weighted by atomic mass is 9.77. The number of likely N-dealkylation sites (N-methyl/N-ethyl adjacent to an activating group) is 1. The van der Waals surface area contributed by atoms with E-state index >= 15 is 0 Å². The molecule has 1 aliphatic carbocycles. The summed E-state index contributed by atoms with van der Waals surface area (Å²) >= 11 is 0. The molecule has 3 heteroatoms. The van der Waals surface area contributed by atoms with E-state index < -0.39 is 0 Å². The van der Waals surface area contributed by atoms with Gasteiger partial charge in [0, 0.05) is 24.2 Å². The largest absolute Gasteiger partial charge is 0.496 e. The van der Waals surface area contributed by atoms with E-state index in [1.165, 1.54) is 12.0 Å². The summed E-state index contributed by atoms with van der Waals surface area (Å²) in [7, 11) is 3.84. The molecule has 0 radical (unpaired) electrons. The van der Waals surface area contributed by atoms with Crippen LogP contribution in [0.3, 0.4) is 0 Å². The van der Waals surface area contributed by atoms with Gasteiger partial charge in [-0.15, -0.1) is 0 Å². The second kappa shape index (κ2) is 5.07. The molecule has 0 saturated heterocycles. The number of ether oxygens (including phenoxy) is 1. The number of rotatable bonds is 5. The number of nitrogens with two attached hydrogens (primary N) is 1. The van der Waals surface area contributed by atoms with Gasteiger partial charge in [-0.3, -0.25) is 0 Å². The van der Waals surface area contributed by atoms with Crippen molar-refractivity contribution in [2.45, 2.75) is 31.3 Å². The molecule has 0 atom stereocenters. The van der Waals surface area contributed by atoms with E-state index in [1.54, 1.807) is 7.11 Å². The third-order valence-corrected chi connectivity index (χ3v) is 3.57. The van der Waals surface area contributed by atoms with Crippen molar-refractivity contribution >= 4 is 0 Å². The molecule has 94 valence electrons. The highest BCUT2D eigenvalue weighted by atomic mass is 16.5. The van der Waals surface area contributed by atoms with Gasteiger partial charge in [0.2, 0.25) is 0 Å². The second-order valence-electron chi connectivity index (χ2n) is 5.20. The first-order valence-electron chi connectivity index (χ1n) is 6.22. The third-order valence-electron chi connectivity index (χ3n) is 3.57. The summed E-state index contributed by atoms with van der Waals surface area (Å²) in [5, 5.41) is 0. The van der Waals surface area contributed by atoms with Crippen LogP contribution in [-0.4, -0.2) is 31.1 Å². The standard InChI is InChI=1S/C14H22N2O/c1-16(11-14(15)8-5-9-14)10-12-6-3-4-7-13(12)17-2/h3-4,6-7H,5,8-11,15H2,1-2H3. The molecule has 0 heterocycles. The van der Waals surface area contributed by atoms with Crippen molar-refractivity contribution in [3.8, 4) is 5.75 Å². The summed E-state index contributed by atoms with van der Waals surface area (Å²) in [6, 6.07) is 8.16. The molecule has 0 spiro atoms. The van der Waals surface area contributed by atoms with Crippen LogP contribution in [-0.2, 0) is 6.54 Å². The zero-order valence-corrected chi connectivity index (χ0v) is 10.8. The number of nitrogens with zero attached hydrogens (tertiary/aromatic N) is 1. The Hall–Kier alpha value is -1.06. The van der Waals surface area contributed by atoms with Crippen LogP contribution >= 0.6 is 0 Å². The van der Waals surface area contributed by atoms with Gasteiger partial charge in [-0.1, -0.05) is 18.2 Å². The van der Waals surface area contributed by atoms with Gasteiger partial charge >= 0.3 is 0 Å². The van der Waals surface area contributed by atoms with Gasteiger partial charge in [-0.05, 0) is 32.4 Å². The Labute approximate surface area is 104 Å². The molecule has 1 saturated carbocycles. The minimum Gasteiger partial charge on any atom is -0.496 e. The Bertz CT molecular complexity index is 374. The zero-order valence-electron chi connectivity index (χ0n) is 10.8. The maximum Gasteiger partial charge on any atom is 0.123 e. The van der Waals surface area contributed by atoms with Crippen LogP contribution in [0, 0.1) is 0 Å². The quantitative estimate of drug-likeness (QED) is 0.847. The lowest BCUT2D eigenvalue weighted by molar-refractivity contribution is 0.160. The van der Waals surface area contributed by atoms with Crippen LogP contribution in [0.5, 0.6) is 5.75 Å². The lowest BCUT2D eigenvalue weighted by Crippen LogP contribution is -2.54. The molecule has 1 aromatic rings. The number of methoxy groups -OCH3 is 1. The predicted octanol–water partition coefficient (Wildman–Crippen LogP) is 2.01. The van der Waals surface area contributed by atoms with Crippen LogP contribution in [0.2, 0.25) is 0 Å². The Morgan fingerprint density at radius 2 is 2.06 bits per heavy atom. The normalized spacial score (nSPS) is 17.9. The van der Waals surface area contributed by atoms with Crippen molar-refractivity contribution in [1.29, 1.82) is 0 Å². The van der Waals surface area contributed by atoms with Gasteiger partial charge in [-0.25, -0.2) is 0 Å². The van der Waals surface area contributed by atoms with Gasteiger partial charge < -0.3 is 15.4 Å². The highest BCUT2D eigenvalue weighted by Crippen LogP contribution is 2.30. The fourth-order valence-corrected chi connectivity index (χ4v) is 2.51. The van der Waals surface area contributed by atoms with E-state index in [2.05, 4.69) is 18.0 Å². The minimum atomic E-state index is 0.0523. The van der Waals surface area contributed by atoms with Crippen molar-refractivity contribution in [3.63, 3.8) is 0 Å². The van der Waals surface area contributed by atoms with E-state index in [0.717, 1.165) is 31.7 Å². The average Bonchev–Trinajstić information content (AvgIpc) is 2.27. The maximum atomic E-state index is 6.26. The summed E-state index contributed by atoms with van der Waals surface area (Å²) in [6.45, 7) is 1.86. The van der Waals surface area contributed by atoms with Crippen molar-refractivity contribution in [3.05, 3.63) is 29.8 Å². The summed E-state index contributed by atoms with van der Waals surface area (Å²) in [6.07, 6.45) is 3.59. The molecule has 0 unspecified atom stereocenters. The topological polar surface area (TPSA) is 38.5 Å². The number of para-hydroxylation sites is 1. The maximum absolute atomic E-state index is 6.26. The van der Waals surface area contributed by atoms with Gasteiger partial charge in [0.05, 0.1) is 7.11 Å². The van der Waals surface area contributed by atoms with Crippen LogP contribution in [0.1, 0.15) is 24.8 Å². The van der Waals surface area contributed by atoms with Crippen molar-refractivity contribution in [2.75, 3.05) is 20.7 Å². The Morgan fingerprint density at radius 3 is 2.65 bits per heavy atom. The molecular weight excluding hydrogens is 212 g/mol. The highest BCUT2D eigenvalue weighted by Gasteiger charge is 2.33. The SMILES string of the molecule is COc1ccccc1CN(C)CC1(N)CCC1. The molecule has 1 aromatic carbocycles. The van der Waals surface area contributed by atoms with Gasteiger partial charge in [0.1, 0.15) is 5.75 Å². The zero-order chi connectivity index (χ0) is 12.3. The first kappa shape index (κ1) is 12.4. The third kappa shape index (κ3) is 2.99. The molecule has 3 nitrogen and oxygen atoms in total.